The molecular formula is C13H21NO3. The SMILES string of the molecule is CCNCC(O)Oc1ccc(CCOC)cc1. The topological polar surface area (TPSA) is 50.7 Å². The monoisotopic (exact) mass is 239 g/mol. The molecule has 0 fully saturated rings. The Labute approximate surface area is 103 Å². The quantitative estimate of drug-likeness (QED) is 0.669. The molecule has 1 atom stereocenters. The molecule has 0 heterocycles. The van der Waals surface area contributed by atoms with Crippen molar-refractivity contribution in [2.24, 2.45) is 0 Å². The largest absolute Gasteiger partial charge is 0.464 e. The molecule has 2 N–H and O–H groups in total. The number of ether oxygens (including phenoxy) is 2. The van der Waals surface area contributed by atoms with Crippen LogP contribution in [0.1, 0.15) is 12.5 Å². The van der Waals surface area contributed by atoms with Crippen LogP contribution in [0.5, 0.6) is 5.75 Å². The normalized spacial score (nSPS) is 12.4. The molecule has 1 aromatic rings. The van der Waals surface area contributed by atoms with Crippen LogP contribution in [-0.2, 0) is 11.2 Å². The minimum Gasteiger partial charge on any atom is -0.464 e. The van der Waals surface area contributed by atoms with Gasteiger partial charge in [-0.1, -0.05) is 19.1 Å². The van der Waals surface area contributed by atoms with Crippen LogP contribution in [0.15, 0.2) is 24.3 Å². The second-order valence-corrected chi connectivity index (χ2v) is 3.77. The Kier molecular flexibility index (Phi) is 6.62. The van der Waals surface area contributed by atoms with Gasteiger partial charge in [0.25, 0.3) is 0 Å². The number of aliphatic hydroxyl groups is 1. The minimum atomic E-state index is -0.806. The van der Waals surface area contributed by atoms with Gasteiger partial charge in [0.15, 0.2) is 0 Å². The summed E-state index contributed by atoms with van der Waals surface area (Å²) in [6, 6.07) is 7.68. The fourth-order valence-corrected chi connectivity index (χ4v) is 1.42. The number of hydrogen-bond donors (Lipinski definition) is 2. The van der Waals surface area contributed by atoms with Crippen molar-refractivity contribution in [3.63, 3.8) is 0 Å². The fourth-order valence-electron chi connectivity index (χ4n) is 1.42. The van der Waals surface area contributed by atoms with Crippen molar-refractivity contribution >= 4 is 0 Å². The van der Waals surface area contributed by atoms with Gasteiger partial charge in [0.05, 0.1) is 13.2 Å². The Balaban J connectivity index is 2.39. The highest BCUT2D eigenvalue weighted by atomic mass is 16.6. The van der Waals surface area contributed by atoms with Crippen LogP contribution in [0.4, 0.5) is 0 Å². The summed E-state index contributed by atoms with van der Waals surface area (Å²) in [6.45, 7) is 3.94. The summed E-state index contributed by atoms with van der Waals surface area (Å²) in [4.78, 5) is 0. The summed E-state index contributed by atoms with van der Waals surface area (Å²) < 4.78 is 10.3. The van der Waals surface area contributed by atoms with Crippen molar-refractivity contribution in [1.82, 2.24) is 5.32 Å². The van der Waals surface area contributed by atoms with Gasteiger partial charge in [-0.05, 0) is 30.7 Å². The lowest BCUT2D eigenvalue weighted by Gasteiger charge is -2.13. The summed E-state index contributed by atoms with van der Waals surface area (Å²) in [7, 11) is 1.69. The molecule has 0 amide bonds. The number of nitrogens with one attached hydrogen (secondary N) is 1. The standard InChI is InChI=1S/C13H21NO3/c1-3-14-10-13(15)17-12-6-4-11(5-7-12)8-9-16-2/h4-7,13-15H,3,8-10H2,1-2H3. The molecule has 0 spiro atoms. The predicted octanol–water partition coefficient (Wildman–Crippen LogP) is 1.18. The van der Waals surface area contributed by atoms with Crippen molar-refractivity contribution in [2.75, 3.05) is 26.8 Å². The number of hydrogen-bond acceptors (Lipinski definition) is 4. The zero-order valence-corrected chi connectivity index (χ0v) is 10.5. The smallest absolute Gasteiger partial charge is 0.210 e. The Morgan fingerprint density at radius 2 is 2.00 bits per heavy atom. The van der Waals surface area contributed by atoms with Crippen molar-refractivity contribution in [2.45, 2.75) is 19.6 Å². The van der Waals surface area contributed by atoms with Crippen LogP contribution in [0, 0.1) is 0 Å². The number of methoxy groups -OCH3 is 1. The van der Waals surface area contributed by atoms with Crippen molar-refractivity contribution in [3.05, 3.63) is 29.8 Å². The van der Waals surface area contributed by atoms with Gasteiger partial charge >= 0.3 is 0 Å². The molecule has 0 bridgehead atoms. The summed E-state index contributed by atoms with van der Waals surface area (Å²) in [6.07, 6.45) is 0.0799. The zero-order chi connectivity index (χ0) is 12.5. The lowest BCUT2D eigenvalue weighted by atomic mass is 10.1. The van der Waals surface area contributed by atoms with E-state index in [9.17, 15) is 5.11 Å². The number of benzene rings is 1. The summed E-state index contributed by atoms with van der Waals surface area (Å²) in [5, 5.41) is 12.6. The van der Waals surface area contributed by atoms with Crippen LogP contribution in [-0.4, -0.2) is 38.2 Å². The van der Waals surface area contributed by atoms with Gasteiger partial charge in [-0.3, -0.25) is 0 Å². The van der Waals surface area contributed by atoms with Crippen LogP contribution >= 0.6 is 0 Å². The van der Waals surface area contributed by atoms with Crippen molar-refractivity contribution in [1.29, 1.82) is 0 Å². The van der Waals surface area contributed by atoms with E-state index < -0.39 is 6.29 Å². The first kappa shape index (κ1) is 14.0. The first-order chi connectivity index (χ1) is 8.26. The molecule has 96 valence electrons. The second-order valence-electron chi connectivity index (χ2n) is 3.77. The Bertz CT molecular complexity index is 300. The first-order valence-corrected chi connectivity index (χ1v) is 5.89. The van der Waals surface area contributed by atoms with E-state index in [1.54, 1.807) is 7.11 Å². The number of rotatable bonds is 8. The molecule has 1 aromatic carbocycles. The lowest BCUT2D eigenvalue weighted by molar-refractivity contribution is -0.0148. The van der Waals surface area contributed by atoms with E-state index in [-0.39, 0.29) is 0 Å². The van der Waals surface area contributed by atoms with Crippen molar-refractivity contribution in [3.8, 4) is 5.75 Å². The van der Waals surface area contributed by atoms with E-state index >= 15 is 0 Å². The molecule has 0 aliphatic rings. The van der Waals surface area contributed by atoms with Gasteiger partial charge in [0.2, 0.25) is 6.29 Å². The molecule has 1 unspecified atom stereocenters. The molecule has 4 heteroatoms. The van der Waals surface area contributed by atoms with E-state index in [2.05, 4.69) is 5.32 Å². The molecule has 0 radical (unpaired) electrons. The van der Waals surface area contributed by atoms with E-state index in [4.69, 9.17) is 9.47 Å². The minimum absolute atomic E-state index is 0.432. The van der Waals surface area contributed by atoms with Gasteiger partial charge in [0, 0.05) is 7.11 Å². The highest BCUT2D eigenvalue weighted by Crippen LogP contribution is 2.13. The second kappa shape index (κ2) is 8.06. The highest BCUT2D eigenvalue weighted by molar-refractivity contribution is 5.27. The van der Waals surface area contributed by atoms with Crippen molar-refractivity contribution < 1.29 is 14.6 Å². The van der Waals surface area contributed by atoms with Gasteiger partial charge in [-0.25, -0.2) is 0 Å². The maximum absolute atomic E-state index is 9.54. The van der Waals surface area contributed by atoms with Crippen LogP contribution in [0.3, 0.4) is 0 Å². The summed E-state index contributed by atoms with van der Waals surface area (Å²) in [5.74, 6) is 0.677. The van der Waals surface area contributed by atoms with E-state index in [0.717, 1.165) is 13.0 Å². The van der Waals surface area contributed by atoms with Gasteiger partial charge in [-0.2, -0.15) is 0 Å². The molecule has 0 saturated heterocycles. The molecule has 0 saturated carbocycles. The molecule has 0 aliphatic heterocycles. The molecule has 1 rings (SSSR count). The van der Waals surface area contributed by atoms with Gasteiger partial charge in [0.1, 0.15) is 5.75 Å². The molecule has 4 nitrogen and oxygen atoms in total. The predicted molar refractivity (Wildman–Crippen MR) is 67.2 cm³/mol. The molecular weight excluding hydrogens is 218 g/mol. The maximum atomic E-state index is 9.54. The van der Waals surface area contributed by atoms with Crippen LogP contribution in [0.25, 0.3) is 0 Å². The third-order valence-electron chi connectivity index (χ3n) is 2.36. The number of likely N-dealkylation sites (N-methyl/N-ethyl adjacent to an activating group) is 1. The maximum Gasteiger partial charge on any atom is 0.210 e. The molecule has 0 aromatic heterocycles. The fraction of sp³-hybridized carbons (Fsp3) is 0.538. The highest BCUT2D eigenvalue weighted by Gasteiger charge is 2.04. The van der Waals surface area contributed by atoms with E-state index in [1.807, 2.05) is 31.2 Å². The van der Waals surface area contributed by atoms with Crippen LogP contribution in [0.2, 0.25) is 0 Å². The zero-order valence-electron chi connectivity index (χ0n) is 10.5. The van der Waals surface area contributed by atoms with Crippen LogP contribution < -0.4 is 10.1 Å². The third kappa shape index (κ3) is 5.68. The average molecular weight is 239 g/mol. The Morgan fingerprint density at radius 1 is 1.29 bits per heavy atom. The Hall–Kier alpha value is -1.10. The molecule has 17 heavy (non-hydrogen) atoms. The number of aliphatic hydroxyl groups excluding tert-OH is 1. The van der Waals surface area contributed by atoms with Gasteiger partial charge < -0.3 is 19.9 Å². The Morgan fingerprint density at radius 3 is 2.59 bits per heavy atom. The van der Waals surface area contributed by atoms with E-state index in [1.165, 1.54) is 5.56 Å². The van der Waals surface area contributed by atoms with Gasteiger partial charge in [-0.15, -0.1) is 0 Å². The summed E-state index contributed by atoms with van der Waals surface area (Å²) >= 11 is 0. The first-order valence-electron chi connectivity index (χ1n) is 5.89. The molecule has 0 aliphatic carbocycles. The van der Waals surface area contributed by atoms with E-state index in [0.29, 0.717) is 18.9 Å². The average Bonchev–Trinajstić information content (AvgIpc) is 2.35. The summed E-state index contributed by atoms with van der Waals surface area (Å²) in [5.41, 5.74) is 1.19. The third-order valence-corrected chi connectivity index (χ3v) is 2.36. The lowest BCUT2D eigenvalue weighted by Crippen LogP contribution is -2.30.